The molecule has 2 aromatic rings. The van der Waals surface area contributed by atoms with Crippen molar-refractivity contribution >= 4 is 27.3 Å². The number of carbonyl (C=O) groups excluding carboxylic acids is 1. The minimum Gasteiger partial charge on any atom is -0.325 e. The number of hydrogen-bond acceptors (Lipinski definition) is 3. The number of nitrogens with one attached hydrogen (secondary N) is 1. The van der Waals surface area contributed by atoms with Gasteiger partial charge in [-0.25, -0.2) is 8.42 Å². The van der Waals surface area contributed by atoms with Crippen molar-refractivity contribution < 1.29 is 26.4 Å². The molecule has 1 aliphatic rings. The molecule has 0 saturated carbocycles. The zero-order valence-electron chi connectivity index (χ0n) is 14.2. The third kappa shape index (κ3) is 4.24. The van der Waals surface area contributed by atoms with Crippen LogP contribution in [0.4, 0.5) is 24.5 Å². The Bertz CT molecular complexity index is 958. The number of carbonyl (C=O) groups is 1. The average molecular weight is 398 g/mol. The van der Waals surface area contributed by atoms with Gasteiger partial charge in [-0.05, 0) is 30.2 Å². The van der Waals surface area contributed by atoms with Crippen LogP contribution in [0.15, 0.2) is 48.5 Å². The standard InChI is InChI=1S/C18H17F3N2O3S/c19-18(20,21)14-6-2-3-7-15(14)22-17(24)10-12-27(25,26)23-11-9-13-5-1-4-8-16(13)23/h1-8H,9-12H2,(H,22,24). The van der Waals surface area contributed by atoms with Crippen molar-refractivity contribution in [2.75, 3.05) is 21.9 Å². The molecule has 2 aromatic carbocycles. The maximum Gasteiger partial charge on any atom is 0.418 e. The van der Waals surface area contributed by atoms with E-state index in [1.54, 1.807) is 12.1 Å². The summed E-state index contributed by atoms with van der Waals surface area (Å²) in [5.74, 6) is -1.27. The number of para-hydroxylation sites is 2. The fourth-order valence-corrected chi connectivity index (χ4v) is 4.49. The zero-order chi connectivity index (χ0) is 19.7. The summed E-state index contributed by atoms with van der Waals surface area (Å²) in [4.78, 5) is 12.0. The maximum atomic E-state index is 13.0. The molecule has 1 aliphatic heterocycles. The molecule has 0 aliphatic carbocycles. The van der Waals surface area contributed by atoms with Crippen LogP contribution in [0.1, 0.15) is 17.5 Å². The molecule has 0 fully saturated rings. The second kappa shape index (κ2) is 7.22. The van der Waals surface area contributed by atoms with Crippen LogP contribution in [0.3, 0.4) is 0 Å². The first-order valence-electron chi connectivity index (χ1n) is 8.23. The molecule has 1 N–H and O–H groups in total. The summed E-state index contributed by atoms with van der Waals surface area (Å²) < 4.78 is 65.2. The van der Waals surface area contributed by atoms with E-state index < -0.39 is 39.8 Å². The Labute approximate surface area is 154 Å². The van der Waals surface area contributed by atoms with Crippen molar-refractivity contribution in [1.82, 2.24) is 0 Å². The number of alkyl halides is 3. The molecule has 0 bridgehead atoms. The minimum atomic E-state index is -4.62. The quantitative estimate of drug-likeness (QED) is 0.839. The molecule has 0 radical (unpaired) electrons. The normalized spacial score (nSPS) is 14.1. The van der Waals surface area contributed by atoms with Crippen molar-refractivity contribution in [2.45, 2.75) is 19.0 Å². The van der Waals surface area contributed by atoms with Gasteiger partial charge in [0.15, 0.2) is 0 Å². The summed E-state index contributed by atoms with van der Waals surface area (Å²) in [5, 5.41) is 2.16. The topological polar surface area (TPSA) is 66.5 Å². The fraction of sp³-hybridized carbons (Fsp3) is 0.278. The number of hydrogen-bond donors (Lipinski definition) is 1. The summed E-state index contributed by atoms with van der Waals surface area (Å²) in [5.41, 5.74) is 0.124. The Morgan fingerprint density at radius 1 is 1.07 bits per heavy atom. The lowest BCUT2D eigenvalue weighted by Crippen LogP contribution is -2.32. The summed E-state index contributed by atoms with van der Waals surface area (Å²) in [6.45, 7) is 0.292. The second-order valence-corrected chi connectivity index (χ2v) is 8.12. The highest BCUT2D eigenvalue weighted by Gasteiger charge is 2.34. The lowest BCUT2D eigenvalue weighted by molar-refractivity contribution is -0.137. The van der Waals surface area contributed by atoms with Crippen LogP contribution >= 0.6 is 0 Å². The Hall–Kier alpha value is -2.55. The first-order chi connectivity index (χ1) is 12.7. The summed E-state index contributed by atoms with van der Waals surface area (Å²) in [7, 11) is -3.75. The molecule has 3 rings (SSSR count). The van der Waals surface area contributed by atoms with Gasteiger partial charge in [-0.1, -0.05) is 30.3 Å². The molecule has 0 aromatic heterocycles. The van der Waals surface area contributed by atoms with Crippen LogP contribution in [-0.2, 0) is 27.4 Å². The van der Waals surface area contributed by atoms with Gasteiger partial charge >= 0.3 is 6.18 Å². The van der Waals surface area contributed by atoms with Crippen LogP contribution in [0.2, 0.25) is 0 Å². The molecule has 1 heterocycles. The van der Waals surface area contributed by atoms with Gasteiger partial charge in [0.2, 0.25) is 15.9 Å². The molecule has 5 nitrogen and oxygen atoms in total. The molecule has 0 saturated heterocycles. The third-order valence-electron chi connectivity index (χ3n) is 4.27. The number of anilines is 2. The van der Waals surface area contributed by atoms with Crippen LogP contribution in [-0.4, -0.2) is 26.6 Å². The monoisotopic (exact) mass is 398 g/mol. The molecule has 0 unspecified atom stereocenters. The van der Waals surface area contributed by atoms with Crippen LogP contribution in [0.25, 0.3) is 0 Å². The van der Waals surface area contributed by atoms with Gasteiger partial charge in [-0.2, -0.15) is 13.2 Å². The predicted molar refractivity (Wildman–Crippen MR) is 96.0 cm³/mol. The highest BCUT2D eigenvalue weighted by atomic mass is 32.2. The highest BCUT2D eigenvalue weighted by molar-refractivity contribution is 7.92. The number of nitrogens with zero attached hydrogens (tertiary/aromatic N) is 1. The first kappa shape index (κ1) is 19.2. The smallest absolute Gasteiger partial charge is 0.325 e. The van der Waals surface area contributed by atoms with Crippen molar-refractivity contribution in [3.05, 3.63) is 59.7 Å². The molecule has 144 valence electrons. The third-order valence-corrected chi connectivity index (χ3v) is 6.04. The average Bonchev–Trinajstić information content (AvgIpc) is 3.05. The summed E-state index contributed by atoms with van der Waals surface area (Å²) >= 11 is 0. The largest absolute Gasteiger partial charge is 0.418 e. The predicted octanol–water partition coefficient (Wildman–Crippen LogP) is 3.43. The SMILES string of the molecule is O=C(CCS(=O)(=O)N1CCc2ccccc21)Nc1ccccc1C(F)(F)F. The van der Waals surface area contributed by atoms with Gasteiger partial charge in [0.25, 0.3) is 0 Å². The van der Waals surface area contributed by atoms with Crippen molar-refractivity contribution in [1.29, 1.82) is 0 Å². The molecule has 0 atom stereocenters. The van der Waals surface area contributed by atoms with Crippen molar-refractivity contribution in [3.63, 3.8) is 0 Å². The van der Waals surface area contributed by atoms with E-state index in [2.05, 4.69) is 5.32 Å². The number of halogens is 3. The fourth-order valence-electron chi connectivity index (χ4n) is 2.98. The Morgan fingerprint density at radius 2 is 1.74 bits per heavy atom. The van der Waals surface area contributed by atoms with E-state index in [9.17, 15) is 26.4 Å². The number of sulfonamides is 1. The number of rotatable bonds is 5. The van der Waals surface area contributed by atoms with E-state index in [1.807, 2.05) is 12.1 Å². The molecular formula is C18H17F3N2O3S. The van der Waals surface area contributed by atoms with Gasteiger partial charge in [0, 0.05) is 13.0 Å². The Balaban J connectivity index is 1.67. The van der Waals surface area contributed by atoms with Crippen LogP contribution in [0, 0.1) is 0 Å². The molecule has 0 spiro atoms. The molecule has 9 heteroatoms. The van der Waals surface area contributed by atoms with E-state index >= 15 is 0 Å². The zero-order valence-corrected chi connectivity index (χ0v) is 15.0. The number of benzene rings is 2. The maximum absolute atomic E-state index is 13.0. The van der Waals surface area contributed by atoms with Gasteiger partial charge < -0.3 is 5.32 Å². The van der Waals surface area contributed by atoms with E-state index in [1.165, 1.54) is 16.4 Å². The summed E-state index contributed by atoms with van der Waals surface area (Å²) in [6, 6.07) is 11.6. The Kier molecular flexibility index (Phi) is 5.14. The lowest BCUT2D eigenvalue weighted by Gasteiger charge is -2.19. The van der Waals surface area contributed by atoms with Gasteiger partial charge in [0.1, 0.15) is 0 Å². The van der Waals surface area contributed by atoms with E-state index in [0.29, 0.717) is 18.7 Å². The Morgan fingerprint density at radius 3 is 2.48 bits per heavy atom. The minimum absolute atomic E-state index is 0.292. The molecular weight excluding hydrogens is 381 g/mol. The van der Waals surface area contributed by atoms with Crippen LogP contribution in [0.5, 0.6) is 0 Å². The van der Waals surface area contributed by atoms with Crippen molar-refractivity contribution in [2.24, 2.45) is 0 Å². The lowest BCUT2D eigenvalue weighted by atomic mass is 10.1. The van der Waals surface area contributed by atoms with E-state index in [0.717, 1.165) is 17.7 Å². The number of amides is 1. The molecule has 27 heavy (non-hydrogen) atoms. The molecule has 1 amide bonds. The van der Waals surface area contributed by atoms with Crippen molar-refractivity contribution in [3.8, 4) is 0 Å². The van der Waals surface area contributed by atoms with Crippen LogP contribution < -0.4 is 9.62 Å². The second-order valence-electron chi connectivity index (χ2n) is 6.11. The number of fused-ring (bicyclic) bond motifs is 1. The van der Waals surface area contributed by atoms with Gasteiger partial charge in [-0.15, -0.1) is 0 Å². The first-order valence-corrected chi connectivity index (χ1v) is 9.84. The summed E-state index contributed by atoms with van der Waals surface area (Å²) in [6.07, 6.45) is -4.47. The van der Waals surface area contributed by atoms with E-state index in [4.69, 9.17) is 0 Å². The van der Waals surface area contributed by atoms with Gasteiger partial charge in [-0.3, -0.25) is 9.10 Å². The van der Waals surface area contributed by atoms with E-state index in [-0.39, 0.29) is 5.69 Å². The van der Waals surface area contributed by atoms with Gasteiger partial charge in [0.05, 0.1) is 22.7 Å². The highest BCUT2D eigenvalue weighted by Crippen LogP contribution is 2.34.